The second-order valence-electron chi connectivity index (χ2n) is 8.01. The van der Waals surface area contributed by atoms with Crippen LogP contribution in [0.2, 0.25) is 0 Å². The molecule has 1 amide bonds. The van der Waals surface area contributed by atoms with E-state index in [9.17, 15) is 18.0 Å². The van der Waals surface area contributed by atoms with Crippen molar-refractivity contribution < 1.29 is 27.1 Å². The second kappa shape index (κ2) is 10.3. The van der Waals surface area contributed by atoms with E-state index >= 15 is 0 Å². The van der Waals surface area contributed by atoms with Crippen LogP contribution < -0.4 is 25.3 Å². The predicted octanol–water partition coefficient (Wildman–Crippen LogP) is 2.68. The fourth-order valence-corrected chi connectivity index (χ4v) is 4.89. The van der Waals surface area contributed by atoms with Crippen LogP contribution in [0.15, 0.2) is 80.8 Å². The lowest BCUT2D eigenvalue weighted by Gasteiger charge is -2.19. The standard InChI is InChI=1S/C25H25N3O7S/c1-28-22-10-9-20(15-23(22)35-25(28)30)36(31,32)27-21(11-16-7-5-4-6-8-16)24(29)26-17-12-18(33-2)14-19(13-17)34-3/h4-10,12-15,21,27H,11H2,1-3H3,(H,26,29)/t21-/m0/s1. The molecule has 0 unspecified atom stereocenters. The molecule has 4 aromatic rings. The minimum absolute atomic E-state index is 0.0929. The van der Waals surface area contributed by atoms with E-state index in [4.69, 9.17) is 13.9 Å². The molecule has 1 heterocycles. The number of hydrogen-bond donors (Lipinski definition) is 2. The minimum atomic E-state index is -4.17. The smallest absolute Gasteiger partial charge is 0.419 e. The number of carbonyl (C=O) groups is 1. The number of oxazole rings is 1. The normalized spacial score (nSPS) is 12.3. The molecule has 1 atom stereocenters. The van der Waals surface area contributed by atoms with Crippen LogP contribution in [-0.4, -0.2) is 39.2 Å². The van der Waals surface area contributed by atoms with Crippen LogP contribution in [0.25, 0.3) is 11.1 Å². The quantitative estimate of drug-likeness (QED) is 0.353. The summed E-state index contributed by atoms with van der Waals surface area (Å²) < 4.78 is 45.9. The molecule has 2 N–H and O–H groups in total. The van der Waals surface area contributed by atoms with E-state index < -0.39 is 27.7 Å². The molecular formula is C25H25N3O7S. The Hall–Kier alpha value is -4.09. The van der Waals surface area contributed by atoms with Crippen LogP contribution in [0.1, 0.15) is 5.56 Å². The molecule has 188 valence electrons. The van der Waals surface area contributed by atoms with Crippen molar-refractivity contribution in [2.24, 2.45) is 7.05 Å². The molecule has 0 aliphatic carbocycles. The minimum Gasteiger partial charge on any atom is -0.497 e. The summed E-state index contributed by atoms with van der Waals surface area (Å²) in [5.74, 6) is -0.266. The largest absolute Gasteiger partial charge is 0.497 e. The van der Waals surface area contributed by atoms with Crippen molar-refractivity contribution >= 4 is 32.7 Å². The fraction of sp³-hybridized carbons (Fsp3) is 0.200. The Kier molecular flexibility index (Phi) is 7.13. The number of nitrogens with one attached hydrogen (secondary N) is 2. The van der Waals surface area contributed by atoms with E-state index in [2.05, 4.69) is 10.0 Å². The molecule has 11 heteroatoms. The predicted molar refractivity (Wildman–Crippen MR) is 134 cm³/mol. The molecule has 0 aliphatic heterocycles. The summed E-state index contributed by atoms with van der Waals surface area (Å²) in [5.41, 5.74) is 1.71. The van der Waals surface area contributed by atoms with Crippen molar-refractivity contribution in [3.05, 3.63) is 82.8 Å². The summed E-state index contributed by atoms with van der Waals surface area (Å²) in [6, 6.07) is 16.8. The zero-order valence-electron chi connectivity index (χ0n) is 19.8. The molecule has 0 bridgehead atoms. The zero-order chi connectivity index (χ0) is 25.9. The van der Waals surface area contributed by atoms with Crippen molar-refractivity contribution in [3.8, 4) is 11.5 Å². The number of rotatable bonds is 9. The van der Waals surface area contributed by atoms with Gasteiger partial charge in [0.05, 0.1) is 24.6 Å². The first-order valence-electron chi connectivity index (χ1n) is 10.9. The zero-order valence-corrected chi connectivity index (χ0v) is 20.7. The molecule has 1 aromatic heterocycles. The van der Waals surface area contributed by atoms with Gasteiger partial charge in [0.2, 0.25) is 15.9 Å². The van der Waals surface area contributed by atoms with Crippen LogP contribution >= 0.6 is 0 Å². The van der Waals surface area contributed by atoms with E-state index in [0.717, 1.165) is 5.56 Å². The average molecular weight is 512 g/mol. The molecule has 0 aliphatic rings. The molecule has 4 rings (SSSR count). The summed E-state index contributed by atoms with van der Waals surface area (Å²) >= 11 is 0. The molecule has 0 fully saturated rings. The number of amides is 1. The van der Waals surface area contributed by atoms with Crippen molar-refractivity contribution in [3.63, 3.8) is 0 Å². The van der Waals surface area contributed by atoms with Gasteiger partial charge < -0.3 is 19.2 Å². The van der Waals surface area contributed by atoms with Gasteiger partial charge in [0.25, 0.3) is 0 Å². The SMILES string of the molecule is COc1cc(NC(=O)[C@H](Cc2ccccc2)NS(=O)(=O)c2ccc3c(c2)oc(=O)n3C)cc(OC)c1. The average Bonchev–Trinajstić information content (AvgIpc) is 3.16. The first kappa shape index (κ1) is 25.0. The number of fused-ring (bicyclic) bond motifs is 1. The maximum atomic E-state index is 13.3. The van der Waals surface area contributed by atoms with Crippen molar-refractivity contribution in [2.45, 2.75) is 17.4 Å². The van der Waals surface area contributed by atoms with Gasteiger partial charge >= 0.3 is 5.76 Å². The number of anilines is 1. The molecule has 0 saturated carbocycles. The fourth-order valence-electron chi connectivity index (χ4n) is 3.68. The van der Waals surface area contributed by atoms with Crippen LogP contribution in [-0.2, 0) is 28.3 Å². The van der Waals surface area contributed by atoms with Crippen LogP contribution in [0, 0.1) is 0 Å². The van der Waals surface area contributed by atoms with Crippen molar-refractivity contribution in [1.82, 2.24) is 9.29 Å². The summed E-state index contributed by atoms with van der Waals surface area (Å²) in [6.07, 6.45) is 0.0929. The molecule has 10 nitrogen and oxygen atoms in total. The topological polar surface area (TPSA) is 129 Å². The van der Waals surface area contributed by atoms with Gasteiger partial charge in [-0.2, -0.15) is 4.72 Å². The Balaban J connectivity index is 1.65. The van der Waals surface area contributed by atoms with Gasteiger partial charge in [-0.1, -0.05) is 30.3 Å². The number of benzene rings is 3. The number of methoxy groups -OCH3 is 2. The third-order valence-electron chi connectivity index (χ3n) is 5.59. The summed E-state index contributed by atoms with van der Waals surface area (Å²) in [7, 11) is 0.322. The van der Waals surface area contributed by atoms with E-state index in [0.29, 0.717) is 22.7 Å². The maximum Gasteiger partial charge on any atom is 0.419 e. The third kappa shape index (κ3) is 5.42. The monoisotopic (exact) mass is 511 g/mol. The van der Waals surface area contributed by atoms with Crippen LogP contribution in [0.5, 0.6) is 11.5 Å². The van der Waals surface area contributed by atoms with Gasteiger partial charge in [-0.15, -0.1) is 0 Å². The highest BCUT2D eigenvalue weighted by Gasteiger charge is 2.27. The van der Waals surface area contributed by atoms with Crippen molar-refractivity contribution in [2.75, 3.05) is 19.5 Å². The summed E-state index contributed by atoms with van der Waals surface area (Å²) in [5, 5.41) is 2.74. The first-order chi connectivity index (χ1) is 17.2. The number of ether oxygens (including phenoxy) is 2. The number of carbonyl (C=O) groups excluding carboxylic acids is 1. The van der Waals surface area contributed by atoms with E-state index in [1.54, 1.807) is 42.5 Å². The van der Waals surface area contributed by atoms with Crippen LogP contribution in [0.4, 0.5) is 5.69 Å². The van der Waals surface area contributed by atoms with Gasteiger partial charge in [-0.3, -0.25) is 9.36 Å². The lowest BCUT2D eigenvalue weighted by atomic mass is 10.1. The number of hydrogen-bond acceptors (Lipinski definition) is 7. The molecule has 3 aromatic carbocycles. The molecule has 0 saturated heterocycles. The highest BCUT2D eigenvalue weighted by atomic mass is 32.2. The molecule has 0 spiro atoms. The molecular weight excluding hydrogens is 486 g/mol. The number of sulfonamides is 1. The van der Waals surface area contributed by atoms with Gasteiger partial charge in [0.15, 0.2) is 5.58 Å². The van der Waals surface area contributed by atoms with Gasteiger partial charge in [0.1, 0.15) is 17.5 Å². The number of aromatic nitrogens is 1. The second-order valence-corrected chi connectivity index (χ2v) is 9.72. The summed E-state index contributed by atoms with van der Waals surface area (Å²) in [6.45, 7) is 0. The summed E-state index contributed by atoms with van der Waals surface area (Å²) in [4.78, 5) is 25.0. The van der Waals surface area contributed by atoms with Gasteiger partial charge in [-0.25, -0.2) is 13.2 Å². The van der Waals surface area contributed by atoms with E-state index in [1.165, 1.54) is 44.0 Å². The lowest BCUT2D eigenvalue weighted by molar-refractivity contribution is -0.117. The first-order valence-corrected chi connectivity index (χ1v) is 12.4. The molecule has 0 radical (unpaired) electrons. The molecule has 36 heavy (non-hydrogen) atoms. The van der Waals surface area contributed by atoms with Gasteiger partial charge in [0, 0.05) is 37.0 Å². The number of nitrogens with zero attached hydrogens (tertiary/aromatic N) is 1. The van der Waals surface area contributed by atoms with Gasteiger partial charge in [-0.05, 0) is 24.1 Å². The van der Waals surface area contributed by atoms with E-state index in [1.807, 2.05) is 6.07 Å². The number of aryl methyl sites for hydroxylation is 1. The lowest BCUT2D eigenvalue weighted by Crippen LogP contribution is -2.45. The third-order valence-corrected chi connectivity index (χ3v) is 7.06. The maximum absolute atomic E-state index is 13.3. The highest BCUT2D eigenvalue weighted by molar-refractivity contribution is 7.89. The Bertz CT molecular complexity index is 1540. The van der Waals surface area contributed by atoms with Crippen molar-refractivity contribution in [1.29, 1.82) is 0 Å². The Labute approximate surface area is 207 Å². The van der Waals surface area contributed by atoms with E-state index in [-0.39, 0.29) is 16.9 Å². The van der Waals surface area contributed by atoms with Crippen LogP contribution in [0.3, 0.4) is 0 Å². The Morgan fingerprint density at radius 1 is 1.00 bits per heavy atom. The Morgan fingerprint density at radius 2 is 1.67 bits per heavy atom. The highest BCUT2D eigenvalue weighted by Crippen LogP contribution is 2.26. The Morgan fingerprint density at radius 3 is 2.31 bits per heavy atom.